The number of carbonyl (C=O) groups excluding carboxylic acids is 3. The zero-order valence-corrected chi connectivity index (χ0v) is 17.2. The van der Waals surface area contributed by atoms with Crippen LogP contribution in [0.25, 0.3) is 0 Å². The molecule has 0 heterocycles. The lowest BCUT2D eigenvalue weighted by Gasteiger charge is -2.25. The van der Waals surface area contributed by atoms with Crippen LogP contribution in [0.2, 0.25) is 0 Å². The van der Waals surface area contributed by atoms with Crippen molar-refractivity contribution in [2.45, 2.75) is 31.1 Å². The highest BCUT2D eigenvalue weighted by atomic mass is 16.5. The van der Waals surface area contributed by atoms with E-state index in [4.69, 9.17) is 4.74 Å². The van der Waals surface area contributed by atoms with Gasteiger partial charge in [-0.2, -0.15) is 0 Å². The molecular formula is C23H26N2O6. The van der Waals surface area contributed by atoms with Gasteiger partial charge in [0.15, 0.2) is 0 Å². The number of amides is 2. The highest BCUT2D eigenvalue weighted by molar-refractivity contribution is 5.87. The number of benzene rings is 2. The topological polar surface area (TPSA) is 114 Å². The van der Waals surface area contributed by atoms with Crippen molar-refractivity contribution in [2.75, 3.05) is 13.7 Å². The minimum absolute atomic E-state index is 0.0895. The molecule has 2 amide bonds. The monoisotopic (exact) mass is 426 g/mol. The molecule has 0 radical (unpaired) electrons. The Kier molecular flexibility index (Phi) is 7.25. The van der Waals surface area contributed by atoms with Crippen LogP contribution < -0.4 is 10.6 Å². The van der Waals surface area contributed by atoms with E-state index >= 15 is 0 Å². The van der Waals surface area contributed by atoms with Crippen LogP contribution in [0.15, 0.2) is 60.7 Å². The van der Waals surface area contributed by atoms with Crippen LogP contribution >= 0.6 is 0 Å². The van der Waals surface area contributed by atoms with Gasteiger partial charge in [0.1, 0.15) is 13.2 Å². The van der Waals surface area contributed by atoms with Crippen LogP contribution in [-0.2, 0) is 32.1 Å². The van der Waals surface area contributed by atoms with Gasteiger partial charge in [0, 0.05) is 0 Å². The smallest absolute Gasteiger partial charge is 0.407 e. The van der Waals surface area contributed by atoms with Crippen LogP contribution in [0.3, 0.4) is 0 Å². The van der Waals surface area contributed by atoms with E-state index < -0.39 is 35.5 Å². The number of methoxy groups -OCH3 is 1. The molecule has 1 aliphatic rings. The third-order valence-corrected chi connectivity index (χ3v) is 5.32. The van der Waals surface area contributed by atoms with E-state index in [0.29, 0.717) is 6.42 Å². The lowest BCUT2D eigenvalue weighted by atomic mass is 9.98. The highest BCUT2D eigenvalue weighted by Gasteiger charge is 2.62. The quantitative estimate of drug-likeness (QED) is 0.525. The van der Waals surface area contributed by atoms with E-state index in [-0.39, 0.29) is 19.6 Å². The van der Waals surface area contributed by atoms with Crippen LogP contribution in [0, 0.1) is 5.92 Å². The lowest BCUT2D eigenvalue weighted by molar-refractivity contribution is -0.141. The number of esters is 1. The standard InChI is InChI=1S/C23H26N2O6/c1-30-20(26)14-24-21(27)18-13-23(18,29)19(12-16-8-4-2-5-9-16)25-22(28)31-15-17-10-6-3-7-11-17/h2-11,18-19,29H,12-15H2,1H3,(H,24,27)(H,25,28)/t18?,19-,23?/m0/s1. The molecule has 8 nitrogen and oxygen atoms in total. The molecule has 1 fully saturated rings. The fourth-order valence-corrected chi connectivity index (χ4v) is 3.44. The van der Waals surface area contributed by atoms with Gasteiger partial charge < -0.3 is 25.2 Å². The van der Waals surface area contributed by atoms with Gasteiger partial charge >= 0.3 is 12.1 Å². The zero-order valence-electron chi connectivity index (χ0n) is 17.2. The summed E-state index contributed by atoms with van der Waals surface area (Å²) in [5.74, 6) is -1.80. The number of hydrogen-bond acceptors (Lipinski definition) is 6. The normalized spacial score (nSPS) is 20.3. The number of aliphatic hydroxyl groups is 1. The fourth-order valence-electron chi connectivity index (χ4n) is 3.44. The van der Waals surface area contributed by atoms with Gasteiger partial charge in [-0.3, -0.25) is 9.59 Å². The van der Waals surface area contributed by atoms with Crippen LogP contribution in [0.5, 0.6) is 0 Å². The van der Waals surface area contributed by atoms with Gasteiger partial charge in [-0.1, -0.05) is 60.7 Å². The second-order valence-electron chi connectivity index (χ2n) is 7.49. The first-order valence-corrected chi connectivity index (χ1v) is 10.0. The molecule has 1 aliphatic carbocycles. The number of carbonyl (C=O) groups is 3. The van der Waals surface area contributed by atoms with Gasteiger partial charge in [0.25, 0.3) is 0 Å². The molecule has 2 aromatic rings. The van der Waals surface area contributed by atoms with E-state index in [9.17, 15) is 19.5 Å². The molecule has 0 aromatic heterocycles. The Balaban J connectivity index is 1.64. The summed E-state index contributed by atoms with van der Waals surface area (Å²) in [6.07, 6.45) is -0.200. The first kappa shape index (κ1) is 22.3. The van der Waals surface area contributed by atoms with Crippen LogP contribution in [0.1, 0.15) is 17.5 Å². The molecule has 0 spiro atoms. The van der Waals surface area contributed by atoms with Gasteiger partial charge in [-0.05, 0) is 24.0 Å². The van der Waals surface area contributed by atoms with Crippen molar-refractivity contribution < 1.29 is 29.0 Å². The molecule has 0 saturated heterocycles. The van der Waals surface area contributed by atoms with E-state index in [1.165, 1.54) is 7.11 Å². The van der Waals surface area contributed by atoms with Gasteiger partial charge in [-0.25, -0.2) is 4.79 Å². The summed E-state index contributed by atoms with van der Waals surface area (Å²) in [6.45, 7) is -0.190. The maximum atomic E-state index is 12.4. The largest absolute Gasteiger partial charge is 0.468 e. The Morgan fingerprint density at radius 3 is 2.29 bits per heavy atom. The minimum Gasteiger partial charge on any atom is -0.468 e. The van der Waals surface area contributed by atoms with Gasteiger partial charge in [0.2, 0.25) is 5.91 Å². The Morgan fingerprint density at radius 2 is 1.68 bits per heavy atom. The van der Waals surface area contributed by atoms with Crippen molar-refractivity contribution >= 4 is 18.0 Å². The molecule has 3 N–H and O–H groups in total. The molecule has 31 heavy (non-hydrogen) atoms. The summed E-state index contributed by atoms with van der Waals surface area (Å²) in [7, 11) is 1.23. The fraction of sp³-hybridized carbons (Fsp3) is 0.348. The Hall–Kier alpha value is -3.39. The predicted molar refractivity (Wildman–Crippen MR) is 112 cm³/mol. The number of ether oxygens (including phenoxy) is 2. The first-order chi connectivity index (χ1) is 14.9. The third-order valence-electron chi connectivity index (χ3n) is 5.32. The van der Waals surface area contributed by atoms with Crippen molar-refractivity contribution in [3.8, 4) is 0 Å². The summed E-state index contributed by atoms with van der Waals surface area (Å²) in [4.78, 5) is 36.0. The molecule has 1 saturated carbocycles. The first-order valence-electron chi connectivity index (χ1n) is 10.0. The average molecular weight is 426 g/mol. The second kappa shape index (κ2) is 10.1. The maximum Gasteiger partial charge on any atom is 0.407 e. The number of alkyl carbamates (subject to hydrolysis) is 1. The molecule has 3 rings (SSSR count). The van der Waals surface area contributed by atoms with Crippen molar-refractivity contribution in [1.82, 2.24) is 10.6 Å². The lowest BCUT2D eigenvalue weighted by Crippen LogP contribution is -2.49. The molecule has 2 aromatic carbocycles. The van der Waals surface area contributed by atoms with Crippen LogP contribution in [-0.4, -0.2) is 48.4 Å². The minimum atomic E-state index is -1.44. The highest BCUT2D eigenvalue weighted by Crippen LogP contribution is 2.47. The molecule has 0 bridgehead atoms. The Bertz CT molecular complexity index is 905. The molecular weight excluding hydrogens is 400 g/mol. The summed E-state index contributed by atoms with van der Waals surface area (Å²) >= 11 is 0. The van der Waals surface area contributed by atoms with E-state index in [2.05, 4.69) is 15.4 Å². The van der Waals surface area contributed by atoms with Crippen molar-refractivity contribution in [3.05, 3.63) is 71.8 Å². The van der Waals surface area contributed by atoms with E-state index in [0.717, 1.165) is 11.1 Å². The summed E-state index contributed by atoms with van der Waals surface area (Å²) in [5.41, 5.74) is 0.286. The predicted octanol–water partition coefficient (Wildman–Crippen LogP) is 1.56. The average Bonchev–Trinajstić information content (AvgIpc) is 3.49. The number of nitrogens with one attached hydrogen (secondary N) is 2. The van der Waals surface area contributed by atoms with Crippen molar-refractivity contribution in [1.29, 1.82) is 0 Å². The van der Waals surface area contributed by atoms with Crippen molar-refractivity contribution in [2.24, 2.45) is 5.92 Å². The number of hydrogen-bond donors (Lipinski definition) is 3. The molecule has 0 aliphatic heterocycles. The Labute approximate surface area is 180 Å². The molecule has 3 atom stereocenters. The van der Waals surface area contributed by atoms with Crippen LogP contribution in [0.4, 0.5) is 4.79 Å². The van der Waals surface area contributed by atoms with Gasteiger partial charge in [-0.15, -0.1) is 0 Å². The molecule has 164 valence electrons. The Morgan fingerprint density at radius 1 is 1.06 bits per heavy atom. The second-order valence-corrected chi connectivity index (χ2v) is 7.49. The summed E-state index contributed by atoms with van der Waals surface area (Å²) in [6, 6.07) is 17.8. The van der Waals surface area contributed by atoms with E-state index in [1.807, 2.05) is 60.7 Å². The zero-order chi connectivity index (χ0) is 22.3. The van der Waals surface area contributed by atoms with E-state index in [1.54, 1.807) is 0 Å². The maximum absolute atomic E-state index is 12.4. The summed E-state index contributed by atoms with van der Waals surface area (Å²) < 4.78 is 9.79. The third kappa shape index (κ3) is 6.05. The number of rotatable bonds is 9. The summed E-state index contributed by atoms with van der Waals surface area (Å²) in [5, 5.41) is 16.3. The van der Waals surface area contributed by atoms with Gasteiger partial charge in [0.05, 0.1) is 24.7 Å². The molecule has 2 unspecified atom stereocenters. The molecule has 8 heteroatoms. The van der Waals surface area contributed by atoms with Crippen molar-refractivity contribution in [3.63, 3.8) is 0 Å². The SMILES string of the molecule is COC(=O)CNC(=O)C1CC1(O)[C@H](Cc1ccccc1)NC(=O)OCc1ccccc1.